The van der Waals surface area contributed by atoms with Crippen molar-refractivity contribution in [1.29, 1.82) is 0 Å². The van der Waals surface area contributed by atoms with Gasteiger partial charge < -0.3 is 10.4 Å². The Morgan fingerprint density at radius 3 is 2.81 bits per heavy atom. The fourth-order valence-electron chi connectivity index (χ4n) is 1.14. The minimum atomic E-state index is -1.13. The van der Waals surface area contributed by atoms with E-state index in [-0.39, 0.29) is 6.54 Å². The molecule has 1 unspecified atom stereocenters. The third-order valence-corrected chi connectivity index (χ3v) is 2.31. The fraction of sp³-hybridized carbons (Fsp3) is 0.364. The van der Waals surface area contributed by atoms with Crippen LogP contribution in [0.2, 0.25) is 0 Å². The van der Waals surface area contributed by atoms with Crippen LogP contribution in [0, 0.1) is 12.8 Å². The molecule has 1 amide bonds. The topological polar surface area (TPSA) is 79.3 Å². The van der Waals surface area contributed by atoms with Crippen LogP contribution in [0.3, 0.4) is 0 Å². The first-order valence-electron chi connectivity index (χ1n) is 4.93. The smallest absolute Gasteiger partial charge is 0.315 e. The maximum Gasteiger partial charge on any atom is 0.315 e. The van der Waals surface area contributed by atoms with Crippen LogP contribution in [0.25, 0.3) is 0 Å². The Morgan fingerprint density at radius 1 is 1.56 bits per heavy atom. The molecule has 0 aliphatic carbocycles. The number of nitrogens with one attached hydrogen (secondary N) is 1. The van der Waals surface area contributed by atoms with E-state index in [9.17, 15) is 9.59 Å². The number of aliphatic carboxylic acids is 1. The number of carboxylic acid groups (broad SMARTS) is 1. The summed E-state index contributed by atoms with van der Waals surface area (Å²) in [5.74, 6) is -2.67. The number of amides is 1. The average Bonchev–Trinajstić information content (AvgIpc) is 2.26. The molecule has 1 aromatic heterocycles. The summed E-state index contributed by atoms with van der Waals surface area (Å²) in [6.07, 6.45) is 1.63. The van der Waals surface area contributed by atoms with Gasteiger partial charge in [0.25, 0.3) is 0 Å². The third-order valence-electron chi connectivity index (χ3n) is 2.31. The van der Waals surface area contributed by atoms with Crippen LogP contribution in [0.5, 0.6) is 0 Å². The van der Waals surface area contributed by atoms with Crippen LogP contribution < -0.4 is 5.32 Å². The minimum Gasteiger partial charge on any atom is -0.481 e. The molecule has 0 spiro atoms. The molecule has 0 radical (unpaired) electrons. The van der Waals surface area contributed by atoms with Gasteiger partial charge in [-0.3, -0.25) is 14.6 Å². The van der Waals surface area contributed by atoms with Crippen molar-refractivity contribution in [3.63, 3.8) is 0 Å². The molecule has 0 aliphatic heterocycles. The van der Waals surface area contributed by atoms with Gasteiger partial charge in [0.05, 0.1) is 12.2 Å². The molecule has 0 saturated carbocycles. The molecule has 16 heavy (non-hydrogen) atoms. The molecule has 0 saturated heterocycles. The number of rotatable bonds is 4. The minimum absolute atomic E-state index is 0.253. The van der Waals surface area contributed by atoms with Crippen LogP contribution in [0.4, 0.5) is 0 Å². The molecule has 0 aromatic carbocycles. The van der Waals surface area contributed by atoms with Crippen molar-refractivity contribution in [3.8, 4) is 0 Å². The number of nitrogens with zero attached hydrogens (tertiary/aromatic N) is 1. The van der Waals surface area contributed by atoms with Gasteiger partial charge in [-0.05, 0) is 25.5 Å². The first-order chi connectivity index (χ1) is 7.52. The summed E-state index contributed by atoms with van der Waals surface area (Å²) in [5, 5.41) is 11.2. The van der Waals surface area contributed by atoms with Crippen LogP contribution in [0.15, 0.2) is 18.3 Å². The molecule has 0 fully saturated rings. The number of hydrogen-bond acceptors (Lipinski definition) is 3. The Labute approximate surface area is 93.5 Å². The molecular formula is C11H14N2O3. The highest BCUT2D eigenvalue weighted by Crippen LogP contribution is 2.03. The Hall–Kier alpha value is -1.91. The molecule has 1 rings (SSSR count). The van der Waals surface area contributed by atoms with E-state index in [4.69, 9.17) is 5.11 Å². The molecule has 5 nitrogen and oxygen atoms in total. The Balaban J connectivity index is 2.56. The summed E-state index contributed by atoms with van der Waals surface area (Å²) in [6.45, 7) is 3.49. The quantitative estimate of drug-likeness (QED) is 0.736. The summed E-state index contributed by atoms with van der Waals surface area (Å²) >= 11 is 0. The van der Waals surface area contributed by atoms with Gasteiger partial charge in [-0.15, -0.1) is 0 Å². The van der Waals surface area contributed by atoms with Crippen LogP contribution in [-0.2, 0) is 16.1 Å². The highest BCUT2D eigenvalue weighted by Gasteiger charge is 2.19. The molecule has 1 heterocycles. The van der Waals surface area contributed by atoms with E-state index < -0.39 is 17.8 Å². The van der Waals surface area contributed by atoms with Crippen LogP contribution in [0.1, 0.15) is 18.2 Å². The maximum absolute atomic E-state index is 11.3. The van der Waals surface area contributed by atoms with Gasteiger partial charge in [0.2, 0.25) is 5.91 Å². The summed E-state index contributed by atoms with van der Waals surface area (Å²) in [5.41, 5.74) is 1.71. The third kappa shape index (κ3) is 3.05. The number of carboxylic acids is 1. The number of aromatic nitrogens is 1. The fourth-order valence-corrected chi connectivity index (χ4v) is 1.14. The molecule has 5 heteroatoms. The van der Waals surface area contributed by atoms with Gasteiger partial charge in [0.1, 0.15) is 5.92 Å². The second-order valence-electron chi connectivity index (χ2n) is 3.54. The van der Waals surface area contributed by atoms with Crippen molar-refractivity contribution in [3.05, 3.63) is 29.6 Å². The predicted octanol–water partition coefficient (Wildman–Crippen LogP) is 0.727. The van der Waals surface area contributed by atoms with Gasteiger partial charge in [0, 0.05) is 6.20 Å². The molecule has 2 N–H and O–H groups in total. The van der Waals surface area contributed by atoms with E-state index in [2.05, 4.69) is 10.3 Å². The SMILES string of the molecule is Cc1cccnc1CNC(=O)C(C)C(=O)O. The van der Waals surface area contributed by atoms with E-state index in [1.807, 2.05) is 13.0 Å². The van der Waals surface area contributed by atoms with Crippen molar-refractivity contribution in [2.45, 2.75) is 20.4 Å². The lowest BCUT2D eigenvalue weighted by atomic mass is 10.1. The second kappa shape index (κ2) is 5.25. The molecule has 1 aromatic rings. The first kappa shape index (κ1) is 12.2. The zero-order valence-electron chi connectivity index (χ0n) is 9.23. The van der Waals surface area contributed by atoms with Crippen molar-refractivity contribution in [1.82, 2.24) is 10.3 Å². The molecule has 1 atom stereocenters. The van der Waals surface area contributed by atoms with Crippen molar-refractivity contribution >= 4 is 11.9 Å². The number of aryl methyl sites for hydroxylation is 1. The van der Waals surface area contributed by atoms with Crippen molar-refractivity contribution in [2.75, 3.05) is 0 Å². The van der Waals surface area contributed by atoms with Gasteiger partial charge >= 0.3 is 5.97 Å². The van der Waals surface area contributed by atoms with Crippen molar-refractivity contribution < 1.29 is 14.7 Å². The van der Waals surface area contributed by atoms with E-state index in [1.54, 1.807) is 12.3 Å². The first-order valence-corrected chi connectivity index (χ1v) is 4.93. The average molecular weight is 222 g/mol. The molecule has 0 bridgehead atoms. The van der Waals surface area contributed by atoms with Gasteiger partial charge in [0.15, 0.2) is 0 Å². The predicted molar refractivity (Wildman–Crippen MR) is 57.6 cm³/mol. The van der Waals surface area contributed by atoms with Gasteiger partial charge in [-0.25, -0.2) is 0 Å². The number of carbonyl (C=O) groups excluding carboxylic acids is 1. The Morgan fingerprint density at radius 2 is 2.25 bits per heavy atom. The number of carbonyl (C=O) groups is 2. The lowest BCUT2D eigenvalue weighted by Crippen LogP contribution is -2.33. The highest BCUT2D eigenvalue weighted by atomic mass is 16.4. The summed E-state index contributed by atoms with van der Waals surface area (Å²) in [7, 11) is 0. The largest absolute Gasteiger partial charge is 0.481 e. The number of pyridine rings is 1. The summed E-state index contributed by atoms with van der Waals surface area (Å²) in [4.78, 5) is 26.0. The second-order valence-corrected chi connectivity index (χ2v) is 3.54. The Bertz CT molecular complexity index is 404. The zero-order chi connectivity index (χ0) is 12.1. The van der Waals surface area contributed by atoms with E-state index in [0.717, 1.165) is 11.3 Å². The van der Waals surface area contributed by atoms with Gasteiger partial charge in [-0.2, -0.15) is 0 Å². The standard InChI is InChI=1S/C11H14N2O3/c1-7-4-3-5-12-9(7)6-13-10(14)8(2)11(15)16/h3-5,8H,6H2,1-2H3,(H,13,14)(H,15,16). The normalized spacial score (nSPS) is 11.9. The summed E-state index contributed by atoms with van der Waals surface area (Å²) in [6, 6.07) is 3.69. The monoisotopic (exact) mass is 222 g/mol. The Kier molecular flexibility index (Phi) is 3.99. The summed E-state index contributed by atoms with van der Waals surface area (Å²) < 4.78 is 0. The van der Waals surface area contributed by atoms with E-state index >= 15 is 0 Å². The van der Waals surface area contributed by atoms with E-state index in [1.165, 1.54) is 6.92 Å². The molecule has 0 aliphatic rings. The number of hydrogen-bond donors (Lipinski definition) is 2. The molecular weight excluding hydrogens is 208 g/mol. The van der Waals surface area contributed by atoms with Crippen LogP contribution in [-0.4, -0.2) is 22.0 Å². The molecule has 86 valence electrons. The van der Waals surface area contributed by atoms with Crippen LogP contribution >= 0.6 is 0 Å². The van der Waals surface area contributed by atoms with Crippen molar-refractivity contribution in [2.24, 2.45) is 5.92 Å². The van der Waals surface area contributed by atoms with E-state index in [0.29, 0.717) is 0 Å². The van der Waals surface area contributed by atoms with Gasteiger partial charge in [-0.1, -0.05) is 6.07 Å². The zero-order valence-corrected chi connectivity index (χ0v) is 9.23. The maximum atomic E-state index is 11.3. The lowest BCUT2D eigenvalue weighted by Gasteiger charge is -2.09. The lowest BCUT2D eigenvalue weighted by molar-refractivity contribution is -0.146. The highest BCUT2D eigenvalue weighted by molar-refractivity contribution is 5.96.